The number of nitrogens with zero attached hydrogens (tertiary/aromatic N) is 1. The van der Waals surface area contributed by atoms with Crippen molar-refractivity contribution in [1.29, 1.82) is 0 Å². The van der Waals surface area contributed by atoms with Crippen molar-refractivity contribution in [2.75, 3.05) is 19.7 Å². The van der Waals surface area contributed by atoms with E-state index in [4.69, 9.17) is 33.7 Å². The van der Waals surface area contributed by atoms with E-state index in [2.05, 4.69) is 15.9 Å². The minimum absolute atomic E-state index is 0.0817. The summed E-state index contributed by atoms with van der Waals surface area (Å²) in [7, 11) is -3.79. The summed E-state index contributed by atoms with van der Waals surface area (Å²) in [5, 5.41) is 0.163. The van der Waals surface area contributed by atoms with E-state index in [1.807, 2.05) is 0 Å². The quantitative estimate of drug-likeness (QED) is 0.819. The van der Waals surface area contributed by atoms with Crippen LogP contribution in [-0.4, -0.2) is 44.6 Å². The number of ether oxygens (including phenoxy) is 1. The molecule has 2 rings (SSSR count). The van der Waals surface area contributed by atoms with Crippen molar-refractivity contribution in [3.05, 3.63) is 26.7 Å². The molecule has 1 saturated heterocycles. The molecule has 0 spiro atoms. The van der Waals surface area contributed by atoms with Crippen LogP contribution in [0.2, 0.25) is 10.0 Å². The fourth-order valence-electron chi connectivity index (χ4n) is 2.09. The van der Waals surface area contributed by atoms with Crippen molar-refractivity contribution in [2.24, 2.45) is 5.73 Å². The van der Waals surface area contributed by atoms with Gasteiger partial charge in [-0.1, -0.05) is 39.1 Å². The molecule has 1 aromatic carbocycles. The van der Waals surface area contributed by atoms with Crippen molar-refractivity contribution in [1.82, 2.24) is 4.31 Å². The van der Waals surface area contributed by atoms with Crippen LogP contribution in [0.1, 0.15) is 6.92 Å². The lowest BCUT2D eigenvalue weighted by molar-refractivity contribution is -0.0120. The van der Waals surface area contributed by atoms with Crippen LogP contribution < -0.4 is 5.73 Å². The summed E-state index contributed by atoms with van der Waals surface area (Å²) < 4.78 is 32.9. The topological polar surface area (TPSA) is 72.6 Å². The van der Waals surface area contributed by atoms with Crippen LogP contribution in [0.5, 0.6) is 0 Å². The molecule has 1 aliphatic rings. The van der Waals surface area contributed by atoms with Gasteiger partial charge in [-0.25, -0.2) is 8.42 Å². The number of rotatable bonds is 3. The second-order valence-corrected chi connectivity index (χ2v) is 8.43. The summed E-state index contributed by atoms with van der Waals surface area (Å²) in [5.41, 5.74) is 5.79. The number of benzene rings is 1. The van der Waals surface area contributed by atoms with Gasteiger partial charge in [-0.05, 0) is 19.1 Å². The van der Waals surface area contributed by atoms with Crippen LogP contribution in [0.25, 0.3) is 0 Å². The van der Waals surface area contributed by atoms with Gasteiger partial charge in [0.1, 0.15) is 4.90 Å². The highest BCUT2D eigenvalue weighted by Crippen LogP contribution is 2.35. The van der Waals surface area contributed by atoms with Gasteiger partial charge in [0.25, 0.3) is 0 Å². The van der Waals surface area contributed by atoms with E-state index in [-0.39, 0.29) is 46.8 Å². The van der Waals surface area contributed by atoms with Crippen molar-refractivity contribution in [3.8, 4) is 0 Å². The van der Waals surface area contributed by atoms with Crippen molar-refractivity contribution in [2.45, 2.75) is 24.0 Å². The molecule has 0 radical (unpaired) electrons. The smallest absolute Gasteiger partial charge is 0.246 e. The Morgan fingerprint density at radius 1 is 1.43 bits per heavy atom. The first-order valence-electron chi connectivity index (χ1n) is 6.25. The van der Waals surface area contributed by atoms with Crippen LogP contribution in [0.4, 0.5) is 0 Å². The molecule has 9 heteroatoms. The first-order valence-corrected chi connectivity index (χ1v) is 9.24. The number of sulfonamides is 1. The number of morpholine rings is 1. The average molecular weight is 418 g/mol. The lowest BCUT2D eigenvalue weighted by Gasteiger charge is -2.34. The zero-order valence-corrected chi connectivity index (χ0v) is 15.1. The first kappa shape index (κ1) is 17.5. The molecule has 5 nitrogen and oxygen atoms in total. The lowest BCUT2D eigenvalue weighted by atomic mass is 10.2. The molecular weight excluding hydrogens is 403 g/mol. The maximum Gasteiger partial charge on any atom is 0.246 e. The minimum Gasteiger partial charge on any atom is -0.374 e. The largest absolute Gasteiger partial charge is 0.374 e. The normalized spacial score (nSPS) is 22.2. The molecule has 21 heavy (non-hydrogen) atoms. The van der Waals surface area contributed by atoms with Gasteiger partial charge in [0.05, 0.1) is 22.8 Å². The van der Waals surface area contributed by atoms with E-state index in [0.717, 1.165) is 0 Å². The number of hydrogen-bond acceptors (Lipinski definition) is 4. The maximum atomic E-state index is 12.8. The Bertz CT molecular complexity index is 616. The van der Waals surface area contributed by atoms with Crippen LogP contribution in [0, 0.1) is 0 Å². The van der Waals surface area contributed by atoms with Crippen LogP contribution >= 0.6 is 39.1 Å². The van der Waals surface area contributed by atoms with Crippen molar-refractivity contribution >= 4 is 49.2 Å². The van der Waals surface area contributed by atoms with Gasteiger partial charge in [0, 0.05) is 23.6 Å². The van der Waals surface area contributed by atoms with Gasteiger partial charge in [-0.2, -0.15) is 4.31 Å². The van der Waals surface area contributed by atoms with E-state index in [1.165, 1.54) is 16.4 Å². The molecule has 1 aromatic rings. The van der Waals surface area contributed by atoms with E-state index >= 15 is 0 Å². The molecule has 0 bridgehead atoms. The molecule has 1 fully saturated rings. The summed E-state index contributed by atoms with van der Waals surface area (Å²) in [5.74, 6) is 0. The highest BCUT2D eigenvalue weighted by atomic mass is 79.9. The molecule has 0 aromatic heterocycles. The van der Waals surface area contributed by atoms with E-state index in [9.17, 15) is 8.42 Å². The summed E-state index contributed by atoms with van der Waals surface area (Å²) in [6.45, 7) is 2.49. The molecule has 2 N–H and O–H groups in total. The van der Waals surface area contributed by atoms with Gasteiger partial charge >= 0.3 is 0 Å². The third-order valence-electron chi connectivity index (χ3n) is 3.20. The van der Waals surface area contributed by atoms with Crippen molar-refractivity contribution < 1.29 is 13.2 Å². The number of halogens is 3. The Morgan fingerprint density at radius 3 is 2.52 bits per heavy atom. The van der Waals surface area contributed by atoms with E-state index in [1.54, 1.807) is 6.92 Å². The van der Waals surface area contributed by atoms with Gasteiger partial charge in [0.2, 0.25) is 10.0 Å². The molecule has 0 amide bonds. The second-order valence-electron chi connectivity index (χ2n) is 4.83. The molecule has 0 aliphatic carbocycles. The molecule has 2 atom stereocenters. The monoisotopic (exact) mass is 416 g/mol. The molecule has 2 unspecified atom stereocenters. The fraction of sp³-hybridized carbons (Fsp3) is 0.500. The zero-order valence-electron chi connectivity index (χ0n) is 11.2. The fourth-order valence-corrected chi connectivity index (χ4v) is 5.41. The third-order valence-corrected chi connectivity index (χ3v) is 6.45. The van der Waals surface area contributed by atoms with Gasteiger partial charge in [-0.15, -0.1) is 0 Å². The van der Waals surface area contributed by atoms with Crippen LogP contribution in [-0.2, 0) is 14.8 Å². The number of nitrogens with two attached hydrogens (primary N) is 1. The Balaban J connectivity index is 2.39. The maximum absolute atomic E-state index is 12.8. The van der Waals surface area contributed by atoms with Gasteiger partial charge in [-0.3, -0.25) is 0 Å². The molecular formula is C12H15BrCl2N2O3S. The first-order chi connectivity index (χ1) is 9.73. The standard InChI is InChI=1S/C12H15BrCl2N2O3S/c1-7(16)11-6-17(2-3-20-11)21(18,19)12-9(14)4-8(13)5-10(12)15/h4-5,7,11H,2-3,6,16H2,1H3. The highest BCUT2D eigenvalue weighted by molar-refractivity contribution is 9.10. The predicted molar refractivity (Wildman–Crippen MR) is 86.3 cm³/mol. The minimum atomic E-state index is -3.79. The second kappa shape index (κ2) is 6.70. The predicted octanol–water partition coefficient (Wildman–Crippen LogP) is 2.49. The highest BCUT2D eigenvalue weighted by Gasteiger charge is 2.34. The van der Waals surface area contributed by atoms with Crippen LogP contribution in [0.3, 0.4) is 0 Å². The lowest BCUT2D eigenvalue weighted by Crippen LogP contribution is -2.51. The Labute approximate surface area is 142 Å². The van der Waals surface area contributed by atoms with Crippen LogP contribution in [0.15, 0.2) is 21.5 Å². The summed E-state index contributed by atoms with van der Waals surface area (Å²) in [6, 6.07) is 2.74. The molecule has 118 valence electrons. The summed E-state index contributed by atoms with van der Waals surface area (Å²) in [4.78, 5) is -0.0839. The molecule has 1 aliphatic heterocycles. The summed E-state index contributed by atoms with van der Waals surface area (Å²) in [6.07, 6.45) is -0.346. The third kappa shape index (κ3) is 3.72. The number of hydrogen-bond donors (Lipinski definition) is 1. The zero-order chi connectivity index (χ0) is 15.8. The van der Waals surface area contributed by atoms with Gasteiger partial charge < -0.3 is 10.5 Å². The average Bonchev–Trinajstić information content (AvgIpc) is 2.37. The van der Waals surface area contributed by atoms with E-state index in [0.29, 0.717) is 4.47 Å². The van der Waals surface area contributed by atoms with Crippen molar-refractivity contribution in [3.63, 3.8) is 0 Å². The van der Waals surface area contributed by atoms with Gasteiger partial charge in [0.15, 0.2) is 0 Å². The SMILES string of the molecule is CC(N)C1CN(S(=O)(=O)c2c(Cl)cc(Br)cc2Cl)CCO1. The Morgan fingerprint density at radius 2 is 2.00 bits per heavy atom. The molecule has 1 heterocycles. The van der Waals surface area contributed by atoms with E-state index < -0.39 is 10.0 Å². The Kier molecular flexibility index (Phi) is 5.57. The summed E-state index contributed by atoms with van der Waals surface area (Å²) >= 11 is 15.3. The Hall–Kier alpha value is 0.110. The molecule has 0 saturated carbocycles.